The molecular weight excluding hydrogens is 662 g/mol. The Kier molecular flexibility index (Phi) is 13.6. The van der Waals surface area contributed by atoms with E-state index < -0.39 is 0 Å². The van der Waals surface area contributed by atoms with E-state index in [0.29, 0.717) is 63.3 Å². The Morgan fingerprint density at radius 3 is 2.60 bits per heavy atom. The normalized spacial score (nSPS) is 13.1. The maximum Gasteiger partial charge on any atom is 0.237 e. The fourth-order valence-electron chi connectivity index (χ4n) is 5.77. The summed E-state index contributed by atoms with van der Waals surface area (Å²) >= 11 is 0. The van der Waals surface area contributed by atoms with Gasteiger partial charge in [-0.3, -0.25) is 19.6 Å². The smallest absolute Gasteiger partial charge is 0.237 e. The summed E-state index contributed by atoms with van der Waals surface area (Å²) in [5.74, 6) is 6.00. The predicted molar refractivity (Wildman–Crippen MR) is 203 cm³/mol. The molecule has 0 unspecified atom stereocenters. The Bertz CT molecular complexity index is 1870. The van der Waals surface area contributed by atoms with Crippen LogP contribution in [0, 0.1) is 0 Å². The van der Waals surface area contributed by atoms with Gasteiger partial charge in [0.05, 0.1) is 31.1 Å². The molecule has 0 saturated carbocycles. The third-order valence-electron chi connectivity index (χ3n) is 8.49. The van der Waals surface area contributed by atoms with Crippen LogP contribution in [0.5, 0.6) is 5.88 Å². The molecule has 0 aliphatic carbocycles. The quantitative estimate of drug-likeness (QED) is 0.0337. The molecule has 2 aromatic heterocycles. The van der Waals surface area contributed by atoms with E-state index in [2.05, 4.69) is 50.3 Å². The topological polar surface area (TPSA) is 164 Å². The molecule has 14 nitrogen and oxygen atoms in total. The minimum Gasteiger partial charge on any atom is -0.475 e. The van der Waals surface area contributed by atoms with Crippen LogP contribution < -0.4 is 15.9 Å². The number of pyridine rings is 1. The zero-order valence-electron chi connectivity index (χ0n) is 30.0. The zero-order valence-corrected chi connectivity index (χ0v) is 30.0. The molecule has 0 spiro atoms. The van der Waals surface area contributed by atoms with Crippen molar-refractivity contribution in [2.24, 2.45) is 10.8 Å². The van der Waals surface area contributed by atoms with Gasteiger partial charge in [-0.25, -0.2) is 15.8 Å². The van der Waals surface area contributed by atoms with Crippen molar-refractivity contribution in [2.45, 2.75) is 19.3 Å². The summed E-state index contributed by atoms with van der Waals surface area (Å²) in [7, 11) is 4.92. The van der Waals surface area contributed by atoms with Crippen LogP contribution >= 0.6 is 0 Å². The van der Waals surface area contributed by atoms with E-state index in [1.807, 2.05) is 46.2 Å². The number of nitrogens with zero attached hydrogens (tertiary/aromatic N) is 6. The lowest BCUT2D eigenvalue weighted by Crippen LogP contribution is -2.43. The highest BCUT2D eigenvalue weighted by molar-refractivity contribution is 5.98. The van der Waals surface area contributed by atoms with Gasteiger partial charge in [-0.15, -0.1) is 0 Å². The first kappa shape index (κ1) is 37.8. The molecule has 2 aromatic carbocycles. The van der Waals surface area contributed by atoms with E-state index >= 15 is 0 Å². The molecule has 0 fully saturated rings. The van der Waals surface area contributed by atoms with Crippen molar-refractivity contribution in [1.29, 1.82) is 0 Å². The number of nitrogens with two attached hydrogens (primary N) is 1. The Balaban J connectivity index is 1.09. The van der Waals surface area contributed by atoms with Crippen LogP contribution in [0.25, 0.3) is 33.4 Å². The predicted octanol–water partition coefficient (Wildman–Crippen LogP) is 4.40. The van der Waals surface area contributed by atoms with Crippen molar-refractivity contribution in [3.63, 3.8) is 0 Å². The number of fused-ring (bicyclic) bond motifs is 1. The van der Waals surface area contributed by atoms with Gasteiger partial charge >= 0.3 is 0 Å². The highest BCUT2D eigenvalue weighted by atomic mass is 16.5. The minimum absolute atomic E-state index is 0.0267. The number of benzene rings is 2. The van der Waals surface area contributed by atoms with Crippen LogP contribution in [0.3, 0.4) is 0 Å². The van der Waals surface area contributed by atoms with Crippen molar-refractivity contribution >= 4 is 46.0 Å². The number of nitrogens with one attached hydrogen (secondary N) is 2. The fraction of sp³-hybridized carbons (Fsp3) is 0.342. The summed E-state index contributed by atoms with van der Waals surface area (Å²) in [6.45, 7) is 7.09. The first-order chi connectivity index (χ1) is 25.2. The number of rotatable bonds is 18. The Labute approximate surface area is 303 Å². The van der Waals surface area contributed by atoms with Crippen molar-refractivity contribution in [2.75, 3.05) is 72.7 Å². The monoisotopic (exact) mass is 709 g/mol. The second-order valence-corrected chi connectivity index (χ2v) is 12.4. The Morgan fingerprint density at radius 1 is 1.10 bits per heavy atom. The number of hydrazine groups is 1. The van der Waals surface area contributed by atoms with Crippen molar-refractivity contribution in [3.05, 3.63) is 84.6 Å². The van der Waals surface area contributed by atoms with Crippen LogP contribution in [-0.4, -0.2) is 116 Å². The molecule has 4 N–H and O–H groups in total. The molecule has 1 aliphatic rings. The highest BCUT2D eigenvalue weighted by Crippen LogP contribution is 2.29. The summed E-state index contributed by atoms with van der Waals surface area (Å²) in [5.41, 5.74) is 6.90. The molecule has 274 valence electrons. The fourth-order valence-corrected chi connectivity index (χ4v) is 5.77. The number of hydrogen-bond acceptors (Lipinski definition) is 10. The molecule has 2 amide bonds. The van der Waals surface area contributed by atoms with Gasteiger partial charge in [-0.1, -0.05) is 36.9 Å². The van der Waals surface area contributed by atoms with Crippen molar-refractivity contribution in [1.82, 2.24) is 30.0 Å². The molecule has 5 rings (SSSR count). The van der Waals surface area contributed by atoms with Gasteiger partial charge in [0.2, 0.25) is 17.7 Å². The van der Waals surface area contributed by atoms with Crippen LogP contribution in [-0.2, 0) is 19.1 Å². The van der Waals surface area contributed by atoms with Gasteiger partial charge < -0.3 is 29.4 Å². The molecule has 52 heavy (non-hydrogen) atoms. The number of H-pyrrole nitrogens is 1. The Hall–Kier alpha value is -5.41. The summed E-state index contributed by atoms with van der Waals surface area (Å²) in [4.78, 5) is 38.6. The lowest BCUT2D eigenvalue weighted by atomic mass is 9.98. The maximum absolute atomic E-state index is 13.2. The number of aliphatic imine (C=N–C) groups is 1. The molecule has 0 saturated heterocycles. The second-order valence-electron chi connectivity index (χ2n) is 12.4. The molecule has 14 heteroatoms. The number of aromatic nitrogens is 3. The van der Waals surface area contributed by atoms with Crippen LogP contribution in [0.4, 0.5) is 5.69 Å². The number of methoxy groups -OCH3 is 2. The number of amides is 2. The van der Waals surface area contributed by atoms with Crippen LogP contribution in [0.1, 0.15) is 30.4 Å². The molecular formula is C38H47N9O5. The van der Waals surface area contributed by atoms with Gasteiger partial charge in [-0.2, -0.15) is 5.10 Å². The number of anilines is 1. The second kappa shape index (κ2) is 18.7. The van der Waals surface area contributed by atoms with E-state index in [1.54, 1.807) is 33.5 Å². The van der Waals surface area contributed by atoms with E-state index in [1.165, 1.54) is 16.9 Å². The van der Waals surface area contributed by atoms with Gasteiger partial charge in [-0.05, 0) is 53.8 Å². The summed E-state index contributed by atoms with van der Waals surface area (Å²) in [6, 6.07) is 17.4. The molecule has 1 aliphatic heterocycles. The standard InChI is InChI=1S/C38H47N9O5/c1-27(41-25-45(2)39)28-7-9-29(10-8-28)30-15-18-47(19-16-30)37(49)24-46(26-51-4)17-5-6-35(48)42-32-12-13-34-33(22-32)38(44-43-34)31-11-14-36(40-23-31)52-21-20-50-3/h7-15,22-23,25H,1,5-6,16-21,24,26,39H2,2-4H3,(H,42,48)(H,43,44)/b41-25-. The third-order valence-corrected chi connectivity index (χ3v) is 8.49. The lowest BCUT2D eigenvalue weighted by Gasteiger charge is -2.29. The number of ether oxygens (including phenoxy) is 3. The summed E-state index contributed by atoms with van der Waals surface area (Å²) in [5, 5.41) is 12.7. The van der Waals surface area contributed by atoms with Crippen molar-refractivity contribution in [3.8, 4) is 17.1 Å². The van der Waals surface area contributed by atoms with E-state index in [9.17, 15) is 9.59 Å². The van der Waals surface area contributed by atoms with E-state index in [0.717, 1.165) is 39.7 Å². The van der Waals surface area contributed by atoms with E-state index in [-0.39, 0.29) is 24.8 Å². The van der Waals surface area contributed by atoms with Crippen LogP contribution in [0.15, 0.2) is 78.4 Å². The zero-order chi connectivity index (χ0) is 36.9. The first-order valence-corrected chi connectivity index (χ1v) is 17.1. The van der Waals surface area contributed by atoms with Gasteiger partial charge in [0.15, 0.2) is 0 Å². The highest BCUT2D eigenvalue weighted by Gasteiger charge is 2.21. The molecule has 0 atom stereocenters. The maximum atomic E-state index is 13.2. The van der Waals surface area contributed by atoms with Crippen LogP contribution in [0.2, 0.25) is 0 Å². The van der Waals surface area contributed by atoms with Crippen molar-refractivity contribution < 1.29 is 23.8 Å². The number of carbonyl (C=O) groups excluding carboxylic acids is 2. The summed E-state index contributed by atoms with van der Waals surface area (Å²) in [6.07, 6.45) is 6.93. The lowest BCUT2D eigenvalue weighted by molar-refractivity contribution is -0.133. The van der Waals surface area contributed by atoms with Gasteiger partial charge in [0, 0.05) is 76.2 Å². The minimum atomic E-state index is -0.116. The average molecular weight is 710 g/mol. The molecule has 0 radical (unpaired) electrons. The number of aromatic amines is 1. The SMILES string of the molecule is C=C(/N=C\N(C)N)c1ccc(C2=CCN(C(=O)CN(CCCC(=O)Nc3ccc4[nH]nc(-c5ccc(OCCOC)nc5)c4c3)COC)CC2)cc1. The van der Waals surface area contributed by atoms with E-state index in [4.69, 9.17) is 20.1 Å². The molecule has 0 bridgehead atoms. The van der Waals surface area contributed by atoms with Gasteiger partial charge in [0.1, 0.15) is 18.6 Å². The third kappa shape index (κ3) is 10.6. The number of carbonyl (C=O) groups is 2. The number of hydrogen-bond donors (Lipinski definition) is 3. The average Bonchev–Trinajstić information content (AvgIpc) is 3.57. The molecule has 3 heterocycles. The molecule has 4 aromatic rings. The van der Waals surface area contributed by atoms with Gasteiger partial charge in [0.25, 0.3) is 0 Å². The first-order valence-electron chi connectivity index (χ1n) is 17.1. The largest absolute Gasteiger partial charge is 0.475 e. The Morgan fingerprint density at radius 2 is 1.90 bits per heavy atom. The summed E-state index contributed by atoms with van der Waals surface area (Å²) < 4.78 is 15.9.